The van der Waals surface area contributed by atoms with E-state index in [0.717, 1.165) is 18.4 Å². The van der Waals surface area contributed by atoms with Crippen molar-refractivity contribution in [3.8, 4) is 0 Å². The summed E-state index contributed by atoms with van der Waals surface area (Å²) in [6.07, 6.45) is 9.01. The Morgan fingerprint density at radius 3 is 2.54 bits per heavy atom. The first kappa shape index (κ1) is 18.2. The van der Waals surface area contributed by atoms with Crippen LogP contribution in [0.25, 0.3) is 6.08 Å². The predicted octanol–water partition coefficient (Wildman–Crippen LogP) is 1.87. The Labute approximate surface area is 143 Å². The van der Waals surface area contributed by atoms with Crippen molar-refractivity contribution >= 4 is 17.9 Å². The molecule has 1 aromatic carbocycles. The largest absolute Gasteiger partial charge is 0.394 e. The maximum absolute atomic E-state index is 12.1. The first-order valence-corrected chi connectivity index (χ1v) is 8.61. The first-order valence-electron chi connectivity index (χ1n) is 8.61. The van der Waals surface area contributed by atoms with Gasteiger partial charge in [0.25, 0.3) is 0 Å². The molecule has 1 atom stereocenters. The Bertz CT molecular complexity index is 551. The number of nitrogens with one attached hydrogen (secondary N) is 2. The fourth-order valence-corrected chi connectivity index (χ4v) is 2.91. The maximum Gasteiger partial charge on any atom is 0.244 e. The minimum atomic E-state index is -0.915. The molecule has 0 bridgehead atoms. The molecular formula is C19H26N2O3. The molecule has 0 heterocycles. The second-order valence-corrected chi connectivity index (χ2v) is 6.24. The lowest BCUT2D eigenvalue weighted by molar-refractivity contribution is -0.128. The highest BCUT2D eigenvalue weighted by atomic mass is 16.3. The van der Waals surface area contributed by atoms with Crippen LogP contribution in [0.1, 0.15) is 37.7 Å². The van der Waals surface area contributed by atoms with Gasteiger partial charge in [0.15, 0.2) is 0 Å². The Hall–Kier alpha value is -2.14. The lowest BCUT2D eigenvalue weighted by Gasteiger charge is -2.23. The van der Waals surface area contributed by atoms with Gasteiger partial charge in [0.1, 0.15) is 6.04 Å². The molecule has 1 aromatic rings. The van der Waals surface area contributed by atoms with Crippen molar-refractivity contribution in [2.75, 3.05) is 13.2 Å². The highest BCUT2D eigenvalue weighted by Gasteiger charge is 2.20. The van der Waals surface area contributed by atoms with Gasteiger partial charge >= 0.3 is 0 Å². The zero-order valence-corrected chi connectivity index (χ0v) is 13.9. The molecule has 2 rings (SSSR count). The molecule has 0 aromatic heterocycles. The normalized spacial score (nSPS) is 16.7. The number of aliphatic hydroxyl groups excluding tert-OH is 1. The van der Waals surface area contributed by atoms with Gasteiger partial charge in [-0.2, -0.15) is 0 Å². The van der Waals surface area contributed by atoms with Crippen LogP contribution in [-0.4, -0.2) is 36.1 Å². The van der Waals surface area contributed by atoms with E-state index in [4.69, 9.17) is 0 Å². The number of benzene rings is 1. The van der Waals surface area contributed by atoms with E-state index < -0.39 is 18.6 Å². The first-order chi connectivity index (χ1) is 11.7. The third kappa shape index (κ3) is 6.16. The van der Waals surface area contributed by atoms with Crippen LogP contribution in [0.2, 0.25) is 0 Å². The van der Waals surface area contributed by atoms with E-state index in [1.165, 1.54) is 25.3 Å². The summed E-state index contributed by atoms with van der Waals surface area (Å²) in [6, 6.07) is 8.51. The van der Waals surface area contributed by atoms with Gasteiger partial charge in [0, 0.05) is 12.6 Å². The molecule has 24 heavy (non-hydrogen) atoms. The van der Waals surface area contributed by atoms with Gasteiger partial charge < -0.3 is 15.7 Å². The average Bonchev–Trinajstić information content (AvgIpc) is 2.64. The number of carbonyl (C=O) groups is 2. The van der Waals surface area contributed by atoms with Crippen LogP contribution in [0, 0.1) is 5.92 Å². The predicted molar refractivity (Wildman–Crippen MR) is 94.1 cm³/mol. The van der Waals surface area contributed by atoms with Crippen LogP contribution in [0.3, 0.4) is 0 Å². The summed E-state index contributed by atoms with van der Waals surface area (Å²) in [5.41, 5.74) is 0.898. The van der Waals surface area contributed by atoms with E-state index in [1.807, 2.05) is 30.3 Å². The number of aliphatic hydroxyl groups is 1. The van der Waals surface area contributed by atoms with Crippen LogP contribution < -0.4 is 10.6 Å². The molecular weight excluding hydrogens is 304 g/mol. The van der Waals surface area contributed by atoms with Gasteiger partial charge in [-0.1, -0.05) is 49.6 Å². The van der Waals surface area contributed by atoms with E-state index >= 15 is 0 Å². The van der Waals surface area contributed by atoms with Crippen molar-refractivity contribution < 1.29 is 14.7 Å². The van der Waals surface area contributed by atoms with Gasteiger partial charge in [0.05, 0.1) is 6.61 Å². The molecule has 5 nitrogen and oxygen atoms in total. The lowest BCUT2D eigenvalue weighted by Crippen LogP contribution is -2.49. The molecule has 130 valence electrons. The van der Waals surface area contributed by atoms with Crippen molar-refractivity contribution in [3.63, 3.8) is 0 Å². The zero-order valence-electron chi connectivity index (χ0n) is 13.9. The maximum atomic E-state index is 12.1. The molecule has 1 aliphatic rings. The summed E-state index contributed by atoms with van der Waals surface area (Å²) in [5, 5.41) is 14.7. The molecule has 0 radical (unpaired) electrons. The van der Waals surface area contributed by atoms with Crippen molar-refractivity contribution in [2.24, 2.45) is 5.92 Å². The molecule has 2 amide bonds. The third-order valence-electron chi connectivity index (χ3n) is 4.33. The smallest absolute Gasteiger partial charge is 0.244 e. The Balaban J connectivity index is 1.78. The van der Waals surface area contributed by atoms with E-state index in [1.54, 1.807) is 6.08 Å². The van der Waals surface area contributed by atoms with E-state index in [0.29, 0.717) is 12.5 Å². The van der Waals surface area contributed by atoms with Crippen LogP contribution >= 0.6 is 0 Å². The van der Waals surface area contributed by atoms with Crippen LogP contribution in [-0.2, 0) is 9.59 Å². The number of amides is 2. The second-order valence-electron chi connectivity index (χ2n) is 6.24. The minimum Gasteiger partial charge on any atom is -0.394 e. The summed E-state index contributed by atoms with van der Waals surface area (Å²) in [7, 11) is 0. The SMILES string of the molecule is O=C(C=Cc1ccccc1)N[C@@H](CO)C(=O)NCC1CCCCC1. The summed E-state index contributed by atoms with van der Waals surface area (Å²) >= 11 is 0. The third-order valence-corrected chi connectivity index (χ3v) is 4.33. The molecule has 0 spiro atoms. The standard InChI is InChI=1S/C19H26N2O3/c22-14-17(19(24)20-13-16-9-5-2-6-10-16)21-18(23)12-11-15-7-3-1-4-8-15/h1,3-4,7-8,11-12,16-17,22H,2,5-6,9-10,13-14H2,(H,20,24)(H,21,23)/t17-/m0/s1. The molecule has 1 saturated carbocycles. The molecule has 1 fully saturated rings. The lowest BCUT2D eigenvalue weighted by atomic mass is 9.89. The van der Waals surface area contributed by atoms with Gasteiger partial charge in [-0.25, -0.2) is 0 Å². The van der Waals surface area contributed by atoms with Crippen molar-refractivity contribution in [2.45, 2.75) is 38.1 Å². The van der Waals surface area contributed by atoms with Crippen LogP contribution in [0.4, 0.5) is 0 Å². The van der Waals surface area contributed by atoms with E-state index in [9.17, 15) is 14.7 Å². The monoisotopic (exact) mass is 330 g/mol. The quantitative estimate of drug-likeness (QED) is 0.668. The van der Waals surface area contributed by atoms with Crippen molar-refractivity contribution in [1.29, 1.82) is 0 Å². The molecule has 0 aliphatic heterocycles. The molecule has 0 unspecified atom stereocenters. The van der Waals surface area contributed by atoms with Crippen LogP contribution in [0.15, 0.2) is 36.4 Å². The molecule has 1 aliphatic carbocycles. The summed E-state index contributed by atoms with van der Waals surface area (Å²) in [5.74, 6) is -0.217. The van der Waals surface area contributed by atoms with Gasteiger partial charge in [-0.05, 0) is 30.4 Å². The Morgan fingerprint density at radius 1 is 1.17 bits per heavy atom. The molecule has 5 heteroatoms. The second kappa shape index (κ2) is 9.88. The fourth-order valence-electron chi connectivity index (χ4n) is 2.91. The van der Waals surface area contributed by atoms with Crippen molar-refractivity contribution in [3.05, 3.63) is 42.0 Å². The number of hydrogen-bond donors (Lipinski definition) is 3. The number of carbonyl (C=O) groups excluding carboxylic acids is 2. The highest BCUT2D eigenvalue weighted by Crippen LogP contribution is 2.22. The summed E-state index contributed by atoms with van der Waals surface area (Å²) in [6.45, 7) is 0.201. The molecule has 3 N–H and O–H groups in total. The number of rotatable bonds is 7. The van der Waals surface area contributed by atoms with Gasteiger partial charge in [0.2, 0.25) is 11.8 Å². The number of hydrogen-bond acceptors (Lipinski definition) is 3. The Morgan fingerprint density at radius 2 is 1.88 bits per heavy atom. The highest BCUT2D eigenvalue weighted by molar-refractivity contribution is 5.95. The van der Waals surface area contributed by atoms with Crippen LogP contribution in [0.5, 0.6) is 0 Å². The summed E-state index contributed by atoms with van der Waals surface area (Å²) in [4.78, 5) is 24.0. The van der Waals surface area contributed by atoms with Gasteiger partial charge in [-0.15, -0.1) is 0 Å². The van der Waals surface area contributed by atoms with Crippen molar-refractivity contribution in [1.82, 2.24) is 10.6 Å². The van der Waals surface area contributed by atoms with E-state index in [-0.39, 0.29) is 5.91 Å². The Kier molecular flexibility index (Phi) is 7.49. The molecule has 0 saturated heterocycles. The van der Waals surface area contributed by atoms with Gasteiger partial charge in [-0.3, -0.25) is 9.59 Å². The zero-order chi connectivity index (χ0) is 17.2. The fraction of sp³-hybridized carbons (Fsp3) is 0.474. The minimum absolute atomic E-state index is 0.329. The topological polar surface area (TPSA) is 78.4 Å². The summed E-state index contributed by atoms with van der Waals surface area (Å²) < 4.78 is 0. The average molecular weight is 330 g/mol. The van der Waals surface area contributed by atoms with E-state index in [2.05, 4.69) is 10.6 Å².